The van der Waals surface area contributed by atoms with E-state index >= 15 is 0 Å². The van der Waals surface area contributed by atoms with Gasteiger partial charge >= 0.3 is 11.4 Å². The smallest absolute Gasteiger partial charge is 0.302 e. The van der Waals surface area contributed by atoms with Gasteiger partial charge in [0.25, 0.3) is 0 Å². The third-order valence-corrected chi connectivity index (χ3v) is 7.68. The minimum Gasteiger partial charge on any atom is -0.392 e. The Morgan fingerprint density at radius 1 is 0.818 bits per heavy atom. The first-order chi connectivity index (χ1) is 15.8. The number of aryl methyl sites for hydroxylation is 1. The van der Waals surface area contributed by atoms with Crippen molar-refractivity contribution in [3.8, 4) is 0 Å². The van der Waals surface area contributed by atoms with Crippen molar-refractivity contribution in [2.24, 2.45) is 0 Å². The molecule has 0 aliphatic heterocycles. The number of hydrogen-bond donors (Lipinski definition) is 3. The van der Waals surface area contributed by atoms with Crippen molar-refractivity contribution in [3.05, 3.63) is 58.1 Å². The Morgan fingerprint density at radius 2 is 1.33 bits per heavy atom. The molecular weight excluding hydrogens is 712 g/mol. The molecule has 4 N–H and O–H groups in total. The lowest BCUT2D eigenvalue weighted by Crippen LogP contribution is -2.09. The third-order valence-electron chi connectivity index (χ3n) is 3.81. The van der Waals surface area contributed by atoms with Crippen molar-refractivity contribution in [1.29, 1.82) is 0 Å². The average molecular weight is 737 g/mol. The number of nitrogen functional groups attached to an aromatic ring is 1. The molecule has 3 aromatic rings. The van der Waals surface area contributed by atoms with Gasteiger partial charge in [-0.3, -0.25) is 20.2 Å². The van der Waals surface area contributed by atoms with Crippen LogP contribution < -0.4 is 16.4 Å². The molecule has 14 heteroatoms. The molecule has 3 aromatic heterocycles. The van der Waals surface area contributed by atoms with Crippen LogP contribution in [0.1, 0.15) is 18.4 Å². The quantitative estimate of drug-likeness (QED) is 0.0648. The molecule has 0 aliphatic rings. The van der Waals surface area contributed by atoms with Crippen LogP contribution in [0.25, 0.3) is 0 Å². The van der Waals surface area contributed by atoms with Gasteiger partial charge in [-0.05, 0) is 30.7 Å². The fourth-order valence-electron chi connectivity index (χ4n) is 2.14. The Bertz CT molecular complexity index is 978. The van der Waals surface area contributed by atoms with Crippen LogP contribution in [-0.4, -0.2) is 31.8 Å². The summed E-state index contributed by atoms with van der Waals surface area (Å²) in [6.07, 6.45) is 2.27. The summed E-state index contributed by atoms with van der Waals surface area (Å²) in [7, 11) is 0. The van der Waals surface area contributed by atoms with E-state index in [0.29, 0.717) is 12.2 Å². The van der Waals surface area contributed by atoms with E-state index in [1.165, 1.54) is 60.0 Å². The highest BCUT2D eigenvalue weighted by Gasteiger charge is 2.13. The standard InChI is InChI=1S/C12H15N3O2S2.C4H4N2O2S.C3H6I2/c1-9-5-18-6-10(9)13-3-2-4-14-11-7-19-8-12(11)15(16)17;5-3-1-9-2-4(3)6(7)8;4-2-1-3-5/h5-8,13-14H,2-4H2,1H3;1-2H,5H2;1-3H2. The number of nitrogens with one attached hydrogen (secondary N) is 2. The van der Waals surface area contributed by atoms with Crippen LogP contribution in [0.5, 0.6) is 0 Å². The van der Waals surface area contributed by atoms with Gasteiger partial charge in [-0.25, -0.2) is 0 Å². The number of nitrogens with two attached hydrogens (primary N) is 1. The number of rotatable bonds is 10. The lowest BCUT2D eigenvalue weighted by molar-refractivity contribution is -0.383. The van der Waals surface area contributed by atoms with E-state index in [0.717, 1.165) is 13.0 Å². The molecule has 0 aromatic carbocycles. The first-order valence-electron chi connectivity index (χ1n) is 9.60. The first kappa shape index (κ1) is 29.8. The molecule has 0 saturated carbocycles. The average Bonchev–Trinajstić information content (AvgIpc) is 3.51. The van der Waals surface area contributed by atoms with Crippen molar-refractivity contribution in [3.63, 3.8) is 0 Å². The molecule has 0 radical (unpaired) electrons. The fourth-order valence-corrected chi connectivity index (χ4v) is 6.60. The third kappa shape index (κ3) is 11.6. The van der Waals surface area contributed by atoms with Crippen LogP contribution in [0, 0.1) is 27.2 Å². The highest BCUT2D eigenvalue weighted by atomic mass is 127. The van der Waals surface area contributed by atoms with Crippen LogP contribution >= 0.6 is 79.2 Å². The highest BCUT2D eigenvalue weighted by molar-refractivity contribution is 14.1. The Morgan fingerprint density at radius 3 is 1.76 bits per heavy atom. The molecule has 0 amide bonds. The van der Waals surface area contributed by atoms with Gasteiger partial charge in [0.05, 0.1) is 20.6 Å². The number of halogens is 2. The molecule has 0 atom stereocenters. The summed E-state index contributed by atoms with van der Waals surface area (Å²) in [4.78, 5) is 19.9. The SMILES string of the molecule is Cc1cscc1NCCCNc1cscc1[N+](=O)[O-].ICCCI.Nc1cscc1[N+](=O)[O-]. The molecule has 0 aliphatic carbocycles. The normalized spacial score (nSPS) is 9.79. The van der Waals surface area contributed by atoms with Gasteiger partial charge in [0.1, 0.15) is 11.4 Å². The van der Waals surface area contributed by atoms with Gasteiger partial charge in [-0.2, -0.15) is 0 Å². The van der Waals surface area contributed by atoms with E-state index < -0.39 is 4.92 Å². The maximum Gasteiger partial charge on any atom is 0.302 e. The Balaban J connectivity index is 0.000000321. The molecule has 9 nitrogen and oxygen atoms in total. The second-order valence-corrected chi connectivity index (χ2v) is 10.7. The molecule has 33 heavy (non-hydrogen) atoms. The molecule has 0 spiro atoms. The summed E-state index contributed by atoms with van der Waals surface area (Å²) < 4.78 is 2.61. The van der Waals surface area contributed by atoms with E-state index in [-0.39, 0.29) is 22.0 Å². The zero-order valence-corrected chi connectivity index (χ0v) is 24.6. The lowest BCUT2D eigenvalue weighted by atomic mass is 10.3. The largest absolute Gasteiger partial charge is 0.392 e. The molecule has 0 unspecified atom stereocenters. The van der Waals surface area contributed by atoms with Gasteiger partial charge in [-0.15, -0.1) is 34.0 Å². The number of thiophene rings is 3. The summed E-state index contributed by atoms with van der Waals surface area (Å²) in [5.74, 6) is 0. The monoisotopic (exact) mass is 737 g/mol. The molecule has 3 heterocycles. The van der Waals surface area contributed by atoms with Gasteiger partial charge in [0.2, 0.25) is 0 Å². The minimum absolute atomic E-state index is 0.000000000000000222. The number of alkyl halides is 2. The zero-order valence-electron chi connectivity index (χ0n) is 17.8. The second kappa shape index (κ2) is 17.2. The predicted octanol–water partition coefficient (Wildman–Crippen LogP) is 7.43. The van der Waals surface area contributed by atoms with Gasteiger partial charge in [-0.1, -0.05) is 45.2 Å². The van der Waals surface area contributed by atoms with Gasteiger partial charge in [0, 0.05) is 43.8 Å². The van der Waals surface area contributed by atoms with E-state index in [1.807, 2.05) is 0 Å². The van der Waals surface area contributed by atoms with Crippen LogP contribution in [0.15, 0.2) is 32.3 Å². The minimum atomic E-state index is -0.494. The molecule has 0 saturated heterocycles. The summed E-state index contributed by atoms with van der Waals surface area (Å²) in [5, 5.41) is 37.7. The van der Waals surface area contributed by atoms with Gasteiger partial charge < -0.3 is 16.4 Å². The Hall–Kier alpha value is -1.24. The van der Waals surface area contributed by atoms with Crippen LogP contribution in [0.3, 0.4) is 0 Å². The molecule has 0 fully saturated rings. The molecule has 0 bridgehead atoms. The fraction of sp³-hybridized carbons (Fsp3) is 0.368. The molecular formula is C19H25I2N5O4S3. The summed E-state index contributed by atoms with van der Waals surface area (Å²) >= 11 is 9.01. The Labute approximate surface area is 231 Å². The second-order valence-electron chi connectivity index (χ2n) is 6.30. The van der Waals surface area contributed by atoms with E-state index in [9.17, 15) is 20.2 Å². The molecule has 3 rings (SSSR count). The van der Waals surface area contributed by atoms with Crippen molar-refractivity contribution < 1.29 is 9.85 Å². The number of anilines is 3. The number of hydrogen-bond acceptors (Lipinski definition) is 10. The number of nitro groups is 2. The molecule has 182 valence electrons. The van der Waals surface area contributed by atoms with E-state index in [1.54, 1.807) is 22.1 Å². The van der Waals surface area contributed by atoms with Crippen molar-refractivity contribution in [2.45, 2.75) is 19.8 Å². The Kier molecular flexibility index (Phi) is 15.6. The topological polar surface area (TPSA) is 136 Å². The summed E-state index contributed by atoms with van der Waals surface area (Å²) in [5.41, 5.74) is 8.65. The van der Waals surface area contributed by atoms with E-state index in [4.69, 9.17) is 5.73 Å². The number of nitrogens with zero attached hydrogens (tertiary/aromatic N) is 2. The zero-order chi connectivity index (χ0) is 24.6. The maximum absolute atomic E-state index is 10.7. The van der Waals surface area contributed by atoms with Crippen LogP contribution in [0.4, 0.5) is 28.4 Å². The maximum atomic E-state index is 10.7. The van der Waals surface area contributed by atoms with Gasteiger partial charge in [0.15, 0.2) is 0 Å². The lowest BCUT2D eigenvalue weighted by Gasteiger charge is -2.06. The van der Waals surface area contributed by atoms with Crippen LogP contribution in [-0.2, 0) is 0 Å². The van der Waals surface area contributed by atoms with Crippen molar-refractivity contribution in [1.82, 2.24) is 0 Å². The van der Waals surface area contributed by atoms with E-state index in [2.05, 4.69) is 73.5 Å². The predicted molar refractivity (Wildman–Crippen MR) is 159 cm³/mol. The highest BCUT2D eigenvalue weighted by Crippen LogP contribution is 2.28. The van der Waals surface area contributed by atoms with Crippen molar-refractivity contribution in [2.75, 3.05) is 38.3 Å². The first-order valence-corrected chi connectivity index (χ1v) is 15.5. The van der Waals surface area contributed by atoms with Crippen molar-refractivity contribution >= 4 is 108 Å². The summed E-state index contributed by atoms with van der Waals surface area (Å²) in [6, 6.07) is 0. The summed E-state index contributed by atoms with van der Waals surface area (Å²) in [6.45, 7) is 3.64. The van der Waals surface area contributed by atoms with Crippen LogP contribution in [0.2, 0.25) is 0 Å².